The molecule has 0 spiro atoms. The maximum atomic E-state index is 12.7. The van der Waals surface area contributed by atoms with Gasteiger partial charge in [-0.05, 0) is 24.6 Å². The third kappa shape index (κ3) is 5.14. The van der Waals surface area contributed by atoms with Gasteiger partial charge in [-0.2, -0.15) is 0 Å². The zero-order chi connectivity index (χ0) is 20.6. The molecule has 1 aliphatic heterocycles. The van der Waals surface area contributed by atoms with Crippen LogP contribution in [-0.4, -0.2) is 52.0 Å². The van der Waals surface area contributed by atoms with E-state index in [2.05, 4.69) is 22.9 Å². The van der Waals surface area contributed by atoms with E-state index in [1.165, 1.54) is 7.11 Å². The van der Waals surface area contributed by atoms with Crippen molar-refractivity contribution in [2.24, 2.45) is 0 Å². The minimum Gasteiger partial charge on any atom is -0.497 e. The summed E-state index contributed by atoms with van der Waals surface area (Å²) in [7, 11) is 4.59. The first-order valence-electron chi connectivity index (χ1n) is 9.62. The highest BCUT2D eigenvalue weighted by atomic mass is 16.5. The first-order valence-corrected chi connectivity index (χ1v) is 9.62. The Hall–Kier alpha value is -2.32. The molecule has 156 valence electrons. The van der Waals surface area contributed by atoms with Crippen LogP contribution in [0.1, 0.15) is 44.2 Å². The lowest BCUT2D eigenvalue weighted by atomic mass is 10.1. The summed E-state index contributed by atoms with van der Waals surface area (Å²) in [5, 5.41) is 8.52. The van der Waals surface area contributed by atoms with Gasteiger partial charge in [-0.25, -0.2) is 0 Å². The minimum absolute atomic E-state index is 0.0959. The molecule has 2 rings (SSSR count). The zero-order valence-electron chi connectivity index (χ0n) is 17.1. The molecule has 0 bridgehead atoms. The summed E-state index contributed by atoms with van der Waals surface area (Å²) < 4.78 is 16.1. The van der Waals surface area contributed by atoms with Gasteiger partial charge in [-0.1, -0.05) is 26.2 Å². The van der Waals surface area contributed by atoms with Crippen LogP contribution < -0.4 is 25.4 Å². The predicted molar refractivity (Wildman–Crippen MR) is 105 cm³/mol. The Balaban J connectivity index is 1.91. The van der Waals surface area contributed by atoms with Gasteiger partial charge >= 0.3 is 0 Å². The summed E-state index contributed by atoms with van der Waals surface area (Å²) in [6.45, 7) is 2.66. The summed E-state index contributed by atoms with van der Waals surface area (Å²) >= 11 is 0. The molecule has 0 saturated carbocycles. The first kappa shape index (κ1) is 22.0. The molecule has 28 heavy (non-hydrogen) atoms. The molecule has 0 unspecified atom stereocenters. The van der Waals surface area contributed by atoms with Crippen molar-refractivity contribution < 1.29 is 23.8 Å². The highest BCUT2D eigenvalue weighted by Crippen LogP contribution is 2.46. The molecule has 2 amide bonds. The Morgan fingerprint density at radius 1 is 1.11 bits per heavy atom. The van der Waals surface area contributed by atoms with E-state index in [1.54, 1.807) is 32.4 Å². The summed E-state index contributed by atoms with van der Waals surface area (Å²) in [6.07, 6.45) is 4.33. The zero-order valence-corrected chi connectivity index (χ0v) is 17.1. The van der Waals surface area contributed by atoms with Crippen molar-refractivity contribution in [3.05, 3.63) is 23.8 Å². The molecule has 1 aromatic rings. The van der Waals surface area contributed by atoms with E-state index in [1.807, 2.05) is 0 Å². The van der Waals surface area contributed by atoms with Gasteiger partial charge in [0, 0.05) is 19.2 Å². The molecule has 3 N–H and O–H groups in total. The van der Waals surface area contributed by atoms with E-state index in [4.69, 9.17) is 14.2 Å². The lowest BCUT2D eigenvalue weighted by Gasteiger charge is -2.15. The molecule has 2 atom stereocenters. The molecule has 8 nitrogen and oxygen atoms in total. The van der Waals surface area contributed by atoms with E-state index >= 15 is 0 Å². The lowest BCUT2D eigenvalue weighted by Crippen LogP contribution is -2.45. The molecule has 0 radical (unpaired) electrons. The van der Waals surface area contributed by atoms with E-state index in [9.17, 15) is 9.59 Å². The smallest absolute Gasteiger partial charge is 0.270 e. The van der Waals surface area contributed by atoms with E-state index < -0.39 is 17.7 Å². The third-order valence-electron chi connectivity index (χ3n) is 4.85. The number of unbranched alkanes of at least 4 members (excludes halogenated alkanes) is 3. The van der Waals surface area contributed by atoms with E-state index in [-0.39, 0.29) is 12.5 Å². The normalized spacial score (nSPS) is 20.4. The predicted octanol–water partition coefficient (Wildman–Crippen LogP) is 1.50. The van der Waals surface area contributed by atoms with Gasteiger partial charge in [0.25, 0.3) is 5.91 Å². The number of amides is 2. The number of benzene rings is 1. The van der Waals surface area contributed by atoms with Crippen LogP contribution >= 0.6 is 0 Å². The van der Waals surface area contributed by atoms with Crippen LogP contribution in [0.25, 0.3) is 0 Å². The monoisotopic (exact) mass is 393 g/mol. The van der Waals surface area contributed by atoms with Crippen molar-refractivity contribution in [1.82, 2.24) is 16.0 Å². The van der Waals surface area contributed by atoms with Gasteiger partial charge in [0.1, 0.15) is 11.5 Å². The number of hydrogen-bond donors (Lipinski definition) is 3. The quantitative estimate of drug-likeness (QED) is 0.367. The fourth-order valence-corrected chi connectivity index (χ4v) is 3.13. The van der Waals surface area contributed by atoms with Crippen molar-refractivity contribution >= 4 is 11.8 Å². The van der Waals surface area contributed by atoms with Gasteiger partial charge in [-0.15, -0.1) is 0 Å². The van der Waals surface area contributed by atoms with E-state index in [0.29, 0.717) is 18.0 Å². The van der Waals surface area contributed by atoms with Crippen molar-refractivity contribution in [1.29, 1.82) is 0 Å². The molecule has 8 heteroatoms. The average Bonchev–Trinajstić information content (AvgIpc) is 3.47. The molecule has 1 fully saturated rings. The fraction of sp³-hybridized carbons (Fsp3) is 0.600. The van der Waals surface area contributed by atoms with Crippen molar-refractivity contribution in [3.8, 4) is 11.5 Å². The maximum Gasteiger partial charge on any atom is 0.270 e. The Labute approximate surface area is 166 Å². The summed E-state index contributed by atoms with van der Waals surface area (Å²) in [5.74, 6) is 0.658. The second kappa shape index (κ2) is 10.3. The number of ether oxygens (including phenoxy) is 3. The van der Waals surface area contributed by atoms with Crippen molar-refractivity contribution in [2.75, 3.05) is 34.4 Å². The summed E-state index contributed by atoms with van der Waals surface area (Å²) in [5.41, 5.74) is -0.486. The van der Waals surface area contributed by atoms with Crippen LogP contribution in [0, 0.1) is 0 Å². The minimum atomic E-state index is -1.24. The van der Waals surface area contributed by atoms with Gasteiger partial charge in [0.2, 0.25) is 11.6 Å². The molecule has 1 heterocycles. The molecule has 0 aliphatic carbocycles. The number of rotatable bonds is 12. The highest BCUT2D eigenvalue weighted by Gasteiger charge is 2.62. The SMILES string of the molecule is CCCCCCNC(=O)CNC(=O)[C@@]1(OC)N[C@H]1c1cc(OC)ccc1OC. The number of methoxy groups -OCH3 is 3. The van der Waals surface area contributed by atoms with Crippen LogP contribution in [0.2, 0.25) is 0 Å². The van der Waals surface area contributed by atoms with Crippen LogP contribution in [0.5, 0.6) is 11.5 Å². The molecule has 1 saturated heterocycles. The molecule has 0 aromatic heterocycles. The Morgan fingerprint density at radius 3 is 2.54 bits per heavy atom. The van der Waals surface area contributed by atoms with E-state index in [0.717, 1.165) is 31.2 Å². The maximum absolute atomic E-state index is 12.7. The van der Waals surface area contributed by atoms with Gasteiger partial charge < -0.3 is 24.8 Å². The summed E-state index contributed by atoms with van der Waals surface area (Å²) in [6, 6.07) is 4.95. The largest absolute Gasteiger partial charge is 0.497 e. The topological polar surface area (TPSA) is 108 Å². The van der Waals surface area contributed by atoms with Crippen LogP contribution in [-0.2, 0) is 14.3 Å². The highest BCUT2D eigenvalue weighted by molar-refractivity contribution is 5.92. The molecule has 1 aliphatic rings. The van der Waals surface area contributed by atoms with Crippen LogP contribution in [0.3, 0.4) is 0 Å². The standard InChI is InChI=1S/C20H31N3O5/c1-5-6-7-8-11-21-17(24)13-22-19(25)20(28-4)18(23-20)15-12-14(26-2)9-10-16(15)27-3/h9-10,12,18,23H,5-8,11,13H2,1-4H3,(H,21,24)(H,22,25)/t18-,20+/m0/s1. The molecular weight excluding hydrogens is 362 g/mol. The lowest BCUT2D eigenvalue weighted by molar-refractivity contribution is -0.136. The van der Waals surface area contributed by atoms with Crippen LogP contribution in [0.4, 0.5) is 0 Å². The van der Waals surface area contributed by atoms with Gasteiger partial charge in [0.15, 0.2) is 0 Å². The summed E-state index contributed by atoms with van der Waals surface area (Å²) in [4.78, 5) is 24.6. The van der Waals surface area contributed by atoms with Crippen LogP contribution in [0.15, 0.2) is 18.2 Å². The Bertz CT molecular complexity index is 682. The average molecular weight is 393 g/mol. The molecular formula is C20H31N3O5. The number of carbonyl (C=O) groups excluding carboxylic acids is 2. The van der Waals surface area contributed by atoms with Crippen molar-refractivity contribution in [3.63, 3.8) is 0 Å². The second-order valence-electron chi connectivity index (χ2n) is 6.72. The van der Waals surface area contributed by atoms with Gasteiger partial charge in [-0.3, -0.25) is 14.9 Å². The Morgan fingerprint density at radius 2 is 1.89 bits per heavy atom. The molecule has 1 aromatic carbocycles. The van der Waals surface area contributed by atoms with Crippen molar-refractivity contribution in [2.45, 2.75) is 44.4 Å². The number of hydrogen-bond acceptors (Lipinski definition) is 6. The fourth-order valence-electron chi connectivity index (χ4n) is 3.13. The Kier molecular flexibility index (Phi) is 8.07. The second-order valence-corrected chi connectivity index (χ2v) is 6.72. The third-order valence-corrected chi connectivity index (χ3v) is 4.85. The first-order chi connectivity index (χ1) is 13.5. The van der Waals surface area contributed by atoms with Gasteiger partial charge in [0.05, 0.1) is 26.8 Å². The number of carbonyl (C=O) groups is 2. The number of nitrogens with one attached hydrogen (secondary N) is 3.